The number of hydrogen-bond donors (Lipinski definition) is 2. The van der Waals surface area contributed by atoms with Gasteiger partial charge >= 0.3 is 6.36 Å². The fourth-order valence-corrected chi connectivity index (χ4v) is 1.38. The summed E-state index contributed by atoms with van der Waals surface area (Å²) in [5.41, 5.74) is 7.42. The van der Waals surface area contributed by atoms with Gasteiger partial charge in [0.05, 0.1) is 11.4 Å². The van der Waals surface area contributed by atoms with Crippen LogP contribution in [0.15, 0.2) is 53.3 Å². The average molecular weight is 299 g/mol. The second kappa shape index (κ2) is 7.37. The molecule has 0 aliphatic heterocycles. The van der Waals surface area contributed by atoms with Gasteiger partial charge in [-0.2, -0.15) is 0 Å². The fraction of sp³-hybridized carbons (Fsp3) is 0.214. The van der Waals surface area contributed by atoms with E-state index in [0.29, 0.717) is 17.9 Å². The van der Waals surface area contributed by atoms with Crippen LogP contribution in [0, 0.1) is 0 Å². The summed E-state index contributed by atoms with van der Waals surface area (Å²) in [6, 6.07) is 5.54. The normalized spacial score (nSPS) is 12.5. The molecule has 0 unspecified atom stereocenters. The summed E-state index contributed by atoms with van der Waals surface area (Å²) in [4.78, 5) is 3.76. The zero-order chi connectivity index (χ0) is 15.9. The number of aliphatic imine (C=N–C) groups is 1. The number of hydrogen-bond acceptors (Lipinski definition) is 4. The fourth-order valence-electron chi connectivity index (χ4n) is 1.38. The Morgan fingerprint density at radius 3 is 2.52 bits per heavy atom. The Morgan fingerprint density at radius 1 is 1.38 bits per heavy atom. The minimum atomic E-state index is -4.69. The summed E-state index contributed by atoms with van der Waals surface area (Å²) in [6.07, 6.45) is -1.56. The number of nitrogens with one attached hydrogen (secondary N) is 1. The first-order valence-electron chi connectivity index (χ1n) is 5.97. The molecule has 3 N–H and O–H groups in total. The Labute approximate surface area is 120 Å². The smallest absolute Gasteiger partial charge is 0.406 e. The third-order valence-electron chi connectivity index (χ3n) is 2.41. The lowest BCUT2D eigenvalue weighted by Crippen LogP contribution is -2.18. The molecular formula is C14H16F3N3O. The largest absolute Gasteiger partial charge is 0.573 e. The molecule has 0 aliphatic carbocycles. The van der Waals surface area contributed by atoms with E-state index in [1.165, 1.54) is 30.5 Å². The highest BCUT2D eigenvalue weighted by Crippen LogP contribution is 2.22. The first-order chi connectivity index (χ1) is 9.81. The summed E-state index contributed by atoms with van der Waals surface area (Å²) in [5.74, 6) is -0.261. The third kappa shape index (κ3) is 6.51. The van der Waals surface area contributed by atoms with Gasteiger partial charge in [-0.3, -0.25) is 4.99 Å². The van der Waals surface area contributed by atoms with Crippen molar-refractivity contribution in [3.63, 3.8) is 0 Å². The van der Waals surface area contributed by atoms with Crippen LogP contribution in [-0.4, -0.2) is 19.6 Å². The van der Waals surface area contributed by atoms with E-state index < -0.39 is 6.36 Å². The Morgan fingerprint density at radius 2 is 2.00 bits per heavy atom. The van der Waals surface area contributed by atoms with Crippen molar-refractivity contribution in [1.29, 1.82) is 0 Å². The first kappa shape index (κ1) is 16.6. The van der Waals surface area contributed by atoms with Crippen molar-refractivity contribution in [1.82, 2.24) is 5.32 Å². The molecule has 1 aromatic carbocycles. The van der Waals surface area contributed by atoms with Crippen molar-refractivity contribution in [3.05, 3.63) is 53.9 Å². The van der Waals surface area contributed by atoms with E-state index in [2.05, 4.69) is 21.6 Å². The summed E-state index contributed by atoms with van der Waals surface area (Å²) in [6.45, 7) is 4.13. The Hall–Kier alpha value is -2.44. The van der Waals surface area contributed by atoms with Gasteiger partial charge in [-0.05, 0) is 23.8 Å². The number of benzene rings is 1. The average Bonchev–Trinajstić information content (AvgIpc) is 2.42. The lowest BCUT2D eigenvalue weighted by atomic mass is 10.2. The number of alkyl halides is 3. The minimum absolute atomic E-state index is 0.261. The predicted octanol–water partition coefficient (Wildman–Crippen LogP) is 2.73. The summed E-state index contributed by atoms with van der Waals surface area (Å²) in [5, 5.41) is 2.96. The monoisotopic (exact) mass is 299 g/mol. The van der Waals surface area contributed by atoms with Crippen LogP contribution in [-0.2, 0) is 6.54 Å². The Bertz CT molecular complexity index is 533. The molecule has 0 spiro atoms. The van der Waals surface area contributed by atoms with Crippen LogP contribution in [0.4, 0.5) is 13.2 Å². The summed E-state index contributed by atoms with van der Waals surface area (Å²) < 4.78 is 39.8. The SMILES string of the molecule is C=C(NCc1ccc(OC(F)(F)F)cc1)/C(N)=C\C=N/C. The van der Waals surface area contributed by atoms with E-state index in [1.807, 2.05) is 0 Å². The van der Waals surface area contributed by atoms with Gasteiger partial charge in [0, 0.05) is 19.8 Å². The van der Waals surface area contributed by atoms with Crippen molar-refractivity contribution in [2.45, 2.75) is 12.9 Å². The van der Waals surface area contributed by atoms with Crippen molar-refractivity contribution in [3.8, 4) is 5.75 Å². The van der Waals surface area contributed by atoms with Gasteiger partial charge in [0.2, 0.25) is 0 Å². The minimum Gasteiger partial charge on any atom is -0.406 e. The van der Waals surface area contributed by atoms with Gasteiger partial charge in [-0.15, -0.1) is 13.2 Å². The molecule has 0 radical (unpaired) electrons. The predicted molar refractivity (Wildman–Crippen MR) is 75.8 cm³/mol. The molecular weight excluding hydrogens is 283 g/mol. The van der Waals surface area contributed by atoms with Gasteiger partial charge in [-0.1, -0.05) is 18.7 Å². The molecule has 21 heavy (non-hydrogen) atoms. The van der Waals surface area contributed by atoms with Crippen LogP contribution in [0.5, 0.6) is 5.75 Å². The molecule has 0 aliphatic rings. The van der Waals surface area contributed by atoms with Crippen molar-refractivity contribution in [2.75, 3.05) is 7.05 Å². The molecule has 0 amide bonds. The summed E-state index contributed by atoms with van der Waals surface area (Å²) in [7, 11) is 1.62. The Kier molecular flexibility index (Phi) is 5.83. The van der Waals surface area contributed by atoms with E-state index in [1.54, 1.807) is 13.1 Å². The summed E-state index contributed by atoms with van der Waals surface area (Å²) >= 11 is 0. The highest BCUT2D eigenvalue weighted by molar-refractivity contribution is 5.72. The van der Waals surface area contributed by atoms with Crippen molar-refractivity contribution >= 4 is 6.21 Å². The first-order valence-corrected chi connectivity index (χ1v) is 5.97. The highest BCUT2D eigenvalue weighted by Gasteiger charge is 2.30. The number of rotatable bonds is 6. The molecule has 0 saturated carbocycles. The zero-order valence-corrected chi connectivity index (χ0v) is 11.4. The molecule has 4 nitrogen and oxygen atoms in total. The molecule has 0 heterocycles. The van der Waals surface area contributed by atoms with Crippen molar-refractivity contribution in [2.24, 2.45) is 10.7 Å². The van der Waals surface area contributed by atoms with Gasteiger partial charge in [0.15, 0.2) is 0 Å². The van der Waals surface area contributed by atoms with Crippen LogP contribution < -0.4 is 15.8 Å². The van der Waals surface area contributed by atoms with Crippen LogP contribution >= 0.6 is 0 Å². The lowest BCUT2D eigenvalue weighted by molar-refractivity contribution is -0.274. The molecule has 1 rings (SSSR count). The third-order valence-corrected chi connectivity index (χ3v) is 2.41. The highest BCUT2D eigenvalue weighted by atomic mass is 19.4. The van der Waals surface area contributed by atoms with E-state index in [-0.39, 0.29) is 5.75 Å². The second-order valence-corrected chi connectivity index (χ2v) is 4.05. The number of nitrogens with two attached hydrogens (primary N) is 1. The van der Waals surface area contributed by atoms with Crippen LogP contribution in [0.3, 0.4) is 0 Å². The van der Waals surface area contributed by atoms with Gasteiger partial charge < -0.3 is 15.8 Å². The number of nitrogens with zero attached hydrogens (tertiary/aromatic N) is 1. The standard InChI is InChI=1S/C14H16F3N3O/c1-10(13(18)7-8-19-2)20-9-11-3-5-12(6-4-11)21-14(15,16)17/h3-8,20H,1,9,18H2,2H3/b13-7+,19-8-. The van der Waals surface area contributed by atoms with Gasteiger partial charge in [-0.25, -0.2) is 0 Å². The molecule has 114 valence electrons. The molecule has 0 bridgehead atoms. The number of ether oxygens (including phenoxy) is 1. The molecule has 0 aromatic heterocycles. The van der Waals surface area contributed by atoms with E-state index in [9.17, 15) is 13.2 Å². The lowest BCUT2D eigenvalue weighted by Gasteiger charge is -2.11. The Balaban J connectivity index is 2.55. The number of halogens is 3. The van der Waals surface area contributed by atoms with Crippen molar-refractivity contribution < 1.29 is 17.9 Å². The topological polar surface area (TPSA) is 59.6 Å². The molecule has 0 fully saturated rings. The van der Waals surface area contributed by atoms with E-state index in [0.717, 1.165) is 5.56 Å². The molecule has 0 saturated heterocycles. The van der Waals surface area contributed by atoms with Crippen LogP contribution in [0.1, 0.15) is 5.56 Å². The zero-order valence-electron chi connectivity index (χ0n) is 11.4. The second-order valence-electron chi connectivity index (χ2n) is 4.05. The van der Waals surface area contributed by atoms with Gasteiger partial charge in [0.1, 0.15) is 5.75 Å². The van der Waals surface area contributed by atoms with E-state index >= 15 is 0 Å². The van der Waals surface area contributed by atoms with Gasteiger partial charge in [0.25, 0.3) is 0 Å². The molecule has 0 atom stereocenters. The van der Waals surface area contributed by atoms with Crippen LogP contribution in [0.25, 0.3) is 0 Å². The maximum Gasteiger partial charge on any atom is 0.573 e. The quantitative estimate of drug-likeness (QED) is 0.627. The number of allylic oxidation sites excluding steroid dienone is 1. The maximum atomic E-state index is 12.0. The van der Waals surface area contributed by atoms with E-state index in [4.69, 9.17) is 5.73 Å². The maximum absolute atomic E-state index is 12.0. The van der Waals surface area contributed by atoms with Crippen LogP contribution in [0.2, 0.25) is 0 Å². The molecule has 7 heteroatoms. The molecule has 1 aromatic rings.